The lowest BCUT2D eigenvalue weighted by Crippen LogP contribution is -2.46. The summed E-state index contributed by atoms with van der Waals surface area (Å²) in [6, 6.07) is -0.808. The molecule has 0 heterocycles. The number of hydrogen-bond acceptors (Lipinski definition) is 6. The lowest BCUT2D eigenvalue weighted by atomic mass is 10.0. The number of nitrogens with zero attached hydrogens (tertiary/aromatic N) is 1. The van der Waals surface area contributed by atoms with Crippen LogP contribution in [0.4, 0.5) is 0 Å². The zero-order chi connectivity index (χ0) is 47.1. The van der Waals surface area contributed by atoms with E-state index in [1.807, 2.05) is 21.1 Å². The molecule has 0 aliphatic carbocycles. The van der Waals surface area contributed by atoms with Crippen molar-refractivity contribution >= 4 is 13.7 Å². The quantitative estimate of drug-likeness (QED) is 0.0272. The molecule has 378 valence electrons. The zero-order valence-electron chi connectivity index (χ0n) is 43.0. The molecule has 0 aromatic rings. The van der Waals surface area contributed by atoms with Crippen molar-refractivity contribution in [3.05, 3.63) is 36.5 Å². The maximum absolute atomic E-state index is 13.0. The van der Waals surface area contributed by atoms with Gasteiger partial charge in [0, 0.05) is 6.42 Å². The van der Waals surface area contributed by atoms with Gasteiger partial charge in [-0.05, 0) is 51.4 Å². The van der Waals surface area contributed by atoms with Crippen molar-refractivity contribution in [2.45, 2.75) is 270 Å². The third-order valence-electron chi connectivity index (χ3n) is 12.4. The summed E-state index contributed by atoms with van der Waals surface area (Å²) in [5.74, 6) is -0.175. The Balaban J connectivity index is 4.23. The Kier molecular flexibility index (Phi) is 45.9. The predicted molar refractivity (Wildman–Crippen MR) is 275 cm³/mol. The minimum atomic E-state index is -4.58. The van der Waals surface area contributed by atoms with E-state index < -0.39 is 20.0 Å². The number of rotatable bonds is 50. The molecule has 0 aliphatic heterocycles. The summed E-state index contributed by atoms with van der Waals surface area (Å²) < 4.78 is 23.4. The Morgan fingerprint density at radius 2 is 0.906 bits per heavy atom. The van der Waals surface area contributed by atoms with Gasteiger partial charge in [-0.15, -0.1) is 0 Å². The van der Waals surface area contributed by atoms with Crippen LogP contribution in [0.25, 0.3) is 0 Å². The Morgan fingerprint density at radius 3 is 1.34 bits per heavy atom. The van der Waals surface area contributed by atoms with Crippen LogP contribution in [-0.2, 0) is 18.4 Å². The average molecular weight is 923 g/mol. The molecule has 3 unspecified atom stereocenters. The summed E-state index contributed by atoms with van der Waals surface area (Å²) in [6.45, 7) is 4.71. The largest absolute Gasteiger partial charge is 0.756 e. The van der Waals surface area contributed by atoms with E-state index >= 15 is 0 Å². The highest BCUT2D eigenvalue weighted by Crippen LogP contribution is 2.38. The number of allylic oxidation sites excluding steroid dienone is 6. The number of quaternary nitrogens is 1. The Labute approximate surface area is 397 Å². The van der Waals surface area contributed by atoms with Gasteiger partial charge in [-0.2, -0.15) is 0 Å². The number of unbranched alkanes of at least 4 members (excludes halogenated alkanes) is 31. The van der Waals surface area contributed by atoms with Crippen molar-refractivity contribution in [1.82, 2.24) is 5.32 Å². The molecule has 0 aromatic carbocycles. The Hall–Kier alpha value is -1.28. The number of likely N-dealkylation sites (N-methyl/N-ethyl adjacent to an activating group) is 1. The molecule has 0 spiro atoms. The fourth-order valence-corrected chi connectivity index (χ4v) is 8.77. The summed E-state index contributed by atoms with van der Waals surface area (Å²) in [5.41, 5.74) is 0. The molecule has 0 radical (unpaired) electrons. The van der Waals surface area contributed by atoms with Crippen molar-refractivity contribution in [2.24, 2.45) is 0 Å². The van der Waals surface area contributed by atoms with Gasteiger partial charge in [0.25, 0.3) is 7.82 Å². The summed E-state index contributed by atoms with van der Waals surface area (Å²) in [4.78, 5) is 25.5. The van der Waals surface area contributed by atoms with Gasteiger partial charge in [0.05, 0.1) is 39.9 Å². The molecular formula is C55H107N2O6P. The highest BCUT2D eigenvalue weighted by Gasteiger charge is 2.24. The first-order chi connectivity index (χ1) is 31.0. The predicted octanol–water partition coefficient (Wildman–Crippen LogP) is 15.6. The van der Waals surface area contributed by atoms with Gasteiger partial charge in [0.1, 0.15) is 13.2 Å². The Morgan fingerprint density at radius 1 is 0.547 bits per heavy atom. The molecule has 1 amide bonds. The van der Waals surface area contributed by atoms with Gasteiger partial charge in [-0.3, -0.25) is 9.36 Å². The van der Waals surface area contributed by atoms with E-state index in [0.717, 1.165) is 64.2 Å². The minimum absolute atomic E-state index is 0.00916. The average Bonchev–Trinajstić information content (AvgIpc) is 3.25. The molecule has 0 saturated heterocycles. The van der Waals surface area contributed by atoms with E-state index in [2.05, 4.69) is 55.6 Å². The van der Waals surface area contributed by atoms with Crippen LogP contribution in [0.2, 0.25) is 0 Å². The minimum Gasteiger partial charge on any atom is -0.756 e. The van der Waals surface area contributed by atoms with Gasteiger partial charge >= 0.3 is 0 Å². The molecule has 0 bridgehead atoms. The van der Waals surface area contributed by atoms with E-state index in [1.54, 1.807) is 0 Å². The molecule has 0 fully saturated rings. The van der Waals surface area contributed by atoms with Crippen LogP contribution < -0.4 is 10.2 Å². The molecule has 64 heavy (non-hydrogen) atoms. The number of hydrogen-bond donors (Lipinski definition) is 2. The van der Waals surface area contributed by atoms with Gasteiger partial charge in [-0.1, -0.05) is 237 Å². The van der Waals surface area contributed by atoms with Crippen molar-refractivity contribution in [2.75, 3.05) is 40.9 Å². The fraction of sp³-hybridized carbons (Fsp3) is 0.873. The smallest absolute Gasteiger partial charge is 0.268 e. The normalized spacial score (nSPS) is 14.3. The number of carbonyl (C=O) groups is 1. The number of aliphatic hydroxyl groups excluding tert-OH is 1. The molecule has 0 aromatic heterocycles. The van der Waals surface area contributed by atoms with Gasteiger partial charge in [-0.25, -0.2) is 0 Å². The monoisotopic (exact) mass is 923 g/mol. The van der Waals surface area contributed by atoms with E-state index in [9.17, 15) is 19.4 Å². The SMILES string of the molecule is CCCCC/C=C\C/C=C\C/C=C\CCCCCCCCC(=O)NC(COP(=O)([O-])OCC[N+](C)(C)C)C(O)CCCCCCCCCCCCCCCCCCCCCCCCC. The molecule has 0 saturated carbocycles. The van der Waals surface area contributed by atoms with E-state index in [4.69, 9.17) is 9.05 Å². The standard InChI is InChI=1S/C55H107N2O6P/c1-6-8-10-12-14-16-18-20-22-24-26-27-28-29-31-32-34-36-38-40-42-44-46-48-54(58)53(52-63-64(60,61)62-51-50-57(3,4)5)56-55(59)49-47-45-43-41-39-37-35-33-30-25-23-21-19-17-15-13-11-9-7-2/h15,17,21,23,30,33,53-54,58H,6-14,16,18-20,22,24-29,31-32,34-52H2,1-5H3,(H-,56,59,60,61)/b17-15-,23-21-,33-30-. The molecule has 9 heteroatoms. The van der Waals surface area contributed by atoms with Gasteiger partial charge in [0.2, 0.25) is 5.91 Å². The maximum Gasteiger partial charge on any atom is 0.268 e. The van der Waals surface area contributed by atoms with Crippen LogP contribution in [0.3, 0.4) is 0 Å². The van der Waals surface area contributed by atoms with Crippen molar-refractivity contribution < 1.29 is 32.9 Å². The van der Waals surface area contributed by atoms with E-state index in [1.165, 1.54) is 167 Å². The van der Waals surface area contributed by atoms with Gasteiger partial charge in [0.15, 0.2) is 0 Å². The summed E-state index contributed by atoms with van der Waals surface area (Å²) in [5, 5.41) is 14.0. The van der Waals surface area contributed by atoms with Crippen LogP contribution in [0.1, 0.15) is 258 Å². The molecule has 2 N–H and O–H groups in total. The first-order valence-electron chi connectivity index (χ1n) is 27.3. The second-order valence-corrected chi connectivity index (χ2v) is 21.4. The van der Waals surface area contributed by atoms with Gasteiger partial charge < -0.3 is 28.8 Å². The number of amides is 1. The highest BCUT2D eigenvalue weighted by molar-refractivity contribution is 7.45. The second-order valence-electron chi connectivity index (χ2n) is 19.9. The van der Waals surface area contributed by atoms with Crippen LogP contribution >= 0.6 is 7.82 Å². The van der Waals surface area contributed by atoms with Crippen LogP contribution in [-0.4, -0.2) is 68.5 Å². The summed E-state index contributed by atoms with van der Waals surface area (Å²) in [7, 11) is 1.30. The maximum atomic E-state index is 13.0. The molecular weight excluding hydrogens is 816 g/mol. The first kappa shape index (κ1) is 62.7. The van der Waals surface area contributed by atoms with Crippen molar-refractivity contribution in [3.8, 4) is 0 Å². The molecule has 0 aliphatic rings. The first-order valence-corrected chi connectivity index (χ1v) is 28.8. The number of carbonyl (C=O) groups excluding carboxylic acids is 1. The van der Waals surface area contributed by atoms with E-state index in [0.29, 0.717) is 23.9 Å². The second kappa shape index (κ2) is 46.8. The van der Waals surface area contributed by atoms with Crippen LogP contribution in [0, 0.1) is 0 Å². The Bertz CT molecular complexity index is 1140. The third-order valence-corrected chi connectivity index (χ3v) is 13.3. The third kappa shape index (κ3) is 48.6. The highest BCUT2D eigenvalue weighted by atomic mass is 31.2. The summed E-state index contributed by atoms with van der Waals surface area (Å²) >= 11 is 0. The topological polar surface area (TPSA) is 108 Å². The molecule has 3 atom stereocenters. The summed E-state index contributed by atoms with van der Waals surface area (Å²) in [6.07, 6.45) is 58.7. The zero-order valence-corrected chi connectivity index (χ0v) is 43.9. The fourth-order valence-electron chi connectivity index (χ4n) is 8.05. The lowest BCUT2D eigenvalue weighted by molar-refractivity contribution is -0.870. The number of nitrogens with one attached hydrogen (secondary N) is 1. The van der Waals surface area contributed by atoms with Crippen LogP contribution in [0.15, 0.2) is 36.5 Å². The number of phosphoric acid groups is 1. The van der Waals surface area contributed by atoms with Crippen molar-refractivity contribution in [3.63, 3.8) is 0 Å². The molecule has 0 rings (SSSR count). The van der Waals surface area contributed by atoms with Crippen LogP contribution in [0.5, 0.6) is 0 Å². The van der Waals surface area contributed by atoms with E-state index in [-0.39, 0.29) is 19.1 Å². The number of aliphatic hydroxyl groups is 1. The lowest BCUT2D eigenvalue weighted by Gasteiger charge is -2.30. The van der Waals surface area contributed by atoms with Crippen molar-refractivity contribution in [1.29, 1.82) is 0 Å². The number of phosphoric ester groups is 1. The molecule has 8 nitrogen and oxygen atoms in total.